The number of esters is 1. The maximum Gasteiger partial charge on any atom is 0.339 e. The summed E-state index contributed by atoms with van der Waals surface area (Å²) in [5.41, 5.74) is 1.85. The molecule has 10 heteroatoms. The van der Waals surface area contributed by atoms with Gasteiger partial charge >= 0.3 is 5.97 Å². The molecule has 0 radical (unpaired) electrons. The van der Waals surface area contributed by atoms with Gasteiger partial charge in [-0.25, -0.2) is 17.5 Å². The van der Waals surface area contributed by atoms with Crippen molar-refractivity contribution in [3.63, 3.8) is 0 Å². The quantitative estimate of drug-likeness (QED) is 0.598. The molecular weight excluding hydrogens is 436 g/mol. The molecule has 2 aromatic rings. The monoisotopic (exact) mass is 464 g/mol. The zero-order valence-corrected chi connectivity index (χ0v) is 20.0. The average Bonchev–Trinajstić information content (AvgIpc) is 2.74. The molecule has 2 rings (SSSR count). The fraction of sp³-hybridized carbons (Fsp3) is 0.364. The van der Waals surface area contributed by atoms with Crippen LogP contribution in [-0.2, 0) is 19.6 Å². The van der Waals surface area contributed by atoms with Crippen LogP contribution in [0.4, 0.5) is 5.69 Å². The fourth-order valence-electron chi connectivity index (χ4n) is 2.83. The van der Waals surface area contributed by atoms with Crippen molar-refractivity contribution in [2.24, 2.45) is 0 Å². The molecule has 0 heterocycles. The topological polar surface area (TPSA) is 111 Å². The van der Waals surface area contributed by atoms with Crippen molar-refractivity contribution in [3.05, 3.63) is 47.0 Å². The van der Waals surface area contributed by atoms with Crippen LogP contribution in [0, 0.1) is 13.8 Å². The second-order valence-corrected chi connectivity index (χ2v) is 9.46. The highest BCUT2D eigenvalue weighted by atomic mass is 32.2. The van der Waals surface area contributed by atoms with Gasteiger partial charge in [-0.15, -0.1) is 0 Å². The van der Waals surface area contributed by atoms with Crippen LogP contribution in [0.3, 0.4) is 0 Å². The molecule has 1 amide bonds. The van der Waals surface area contributed by atoms with Crippen LogP contribution in [-0.4, -0.2) is 59.0 Å². The van der Waals surface area contributed by atoms with Gasteiger partial charge in [0.25, 0.3) is 5.91 Å². The van der Waals surface area contributed by atoms with E-state index in [0.29, 0.717) is 22.7 Å². The zero-order valence-electron chi connectivity index (χ0n) is 19.2. The summed E-state index contributed by atoms with van der Waals surface area (Å²) in [4.78, 5) is 25.3. The summed E-state index contributed by atoms with van der Waals surface area (Å²) < 4.78 is 41.6. The predicted molar refractivity (Wildman–Crippen MR) is 120 cm³/mol. The Morgan fingerprint density at radius 1 is 1.00 bits per heavy atom. The van der Waals surface area contributed by atoms with Crippen LogP contribution in [0.1, 0.15) is 28.4 Å². The molecule has 0 aliphatic heterocycles. The van der Waals surface area contributed by atoms with E-state index in [4.69, 9.17) is 14.2 Å². The van der Waals surface area contributed by atoms with Gasteiger partial charge in [-0.1, -0.05) is 6.07 Å². The number of aryl methyl sites for hydroxylation is 1. The number of benzene rings is 2. The molecule has 32 heavy (non-hydrogen) atoms. The lowest BCUT2D eigenvalue weighted by atomic mass is 10.1. The summed E-state index contributed by atoms with van der Waals surface area (Å²) in [7, 11) is 2.11. The number of methoxy groups -OCH3 is 2. The first kappa shape index (κ1) is 25.2. The molecule has 0 aliphatic rings. The van der Waals surface area contributed by atoms with E-state index in [2.05, 4.69) is 5.32 Å². The van der Waals surface area contributed by atoms with Gasteiger partial charge < -0.3 is 19.5 Å². The Balaban J connectivity index is 2.20. The van der Waals surface area contributed by atoms with Crippen LogP contribution in [0.15, 0.2) is 35.2 Å². The van der Waals surface area contributed by atoms with E-state index in [1.54, 1.807) is 19.9 Å². The van der Waals surface area contributed by atoms with Crippen molar-refractivity contribution in [1.29, 1.82) is 0 Å². The van der Waals surface area contributed by atoms with E-state index in [1.165, 1.54) is 59.5 Å². The van der Waals surface area contributed by atoms with Crippen LogP contribution in [0.5, 0.6) is 11.5 Å². The molecule has 0 bridgehead atoms. The third-order valence-corrected chi connectivity index (χ3v) is 6.70. The number of nitrogens with zero attached hydrogens (tertiary/aromatic N) is 1. The van der Waals surface area contributed by atoms with Crippen LogP contribution in [0.25, 0.3) is 0 Å². The SMILES string of the molecule is COc1cc(C(=O)OC(C)C(=O)Nc2cc(S(=O)(=O)N(C)C)ccc2C)cc(OC)c1C. The van der Waals surface area contributed by atoms with Gasteiger partial charge in [0, 0.05) is 25.3 Å². The molecule has 0 aliphatic carbocycles. The van der Waals surface area contributed by atoms with E-state index in [-0.39, 0.29) is 10.5 Å². The van der Waals surface area contributed by atoms with Gasteiger partial charge in [0.2, 0.25) is 10.0 Å². The maximum atomic E-state index is 12.6. The Kier molecular flexibility index (Phi) is 7.87. The second-order valence-electron chi connectivity index (χ2n) is 7.31. The summed E-state index contributed by atoms with van der Waals surface area (Å²) >= 11 is 0. The number of anilines is 1. The molecule has 1 N–H and O–H groups in total. The van der Waals surface area contributed by atoms with Gasteiger partial charge in [0.05, 0.1) is 24.7 Å². The third-order valence-electron chi connectivity index (χ3n) is 4.89. The largest absolute Gasteiger partial charge is 0.496 e. The molecule has 0 saturated carbocycles. The Morgan fingerprint density at radius 3 is 2.06 bits per heavy atom. The van der Waals surface area contributed by atoms with Gasteiger partial charge in [-0.05, 0) is 50.6 Å². The van der Waals surface area contributed by atoms with Gasteiger partial charge in [-0.3, -0.25) is 4.79 Å². The molecule has 1 atom stereocenters. The van der Waals surface area contributed by atoms with Crippen molar-refractivity contribution >= 4 is 27.6 Å². The van der Waals surface area contributed by atoms with Gasteiger partial charge in [0.1, 0.15) is 11.5 Å². The van der Waals surface area contributed by atoms with E-state index in [1.807, 2.05) is 0 Å². The number of sulfonamides is 1. The van der Waals surface area contributed by atoms with Crippen LogP contribution >= 0.6 is 0 Å². The number of rotatable bonds is 8. The first-order valence-corrected chi connectivity index (χ1v) is 11.1. The number of hydrogen-bond acceptors (Lipinski definition) is 7. The minimum absolute atomic E-state index is 0.0342. The first-order chi connectivity index (χ1) is 14.9. The molecule has 2 aromatic carbocycles. The van der Waals surface area contributed by atoms with Crippen molar-refractivity contribution in [3.8, 4) is 11.5 Å². The third kappa shape index (κ3) is 5.38. The van der Waals surface area contributed by atoms with E-state index in [9.17, 15) is 18.0 Å². The lowest BCUT2D eigenvalue weighted by Gasteiger charge is -2.17. The highest BCUT2D eigenvalue weighted by Crippen LogP contribution is 2.30. The lowest BCUT2D eigenvalue weighted by Crippen LogP contribution is -2.30. The molecule has 0 saturated heterocycles. The molecule has 0 spiro atoms. The number of carbonyl (C=O) groups excluding carboxylic acids is 2. The highest BCUT2D eigenvalue weighted by molar-refractivity contribution is 7.89. The highest BCUT2D eigenvalue weighted by Gasteiger charge is 2.23. The maximum absolute atomic E-state index is 12.6. The summed E-state index contributed by atoms with van der Waals surface area (Å²) in [6.07, 6.45) is -1.14. The molecule has 174 valence electrons. The molecule has 1 unspecified atom stereocenters. The summed E-state index contributed by atoms with van der Waals surface area (Å²) in [6.45, 7) is 4.94. The Labute approximate surface area is 188 Å². The minimum Gasteiger partial charge on any atom is -0.496 e. The van der Waals surface area contributed by atoms with E-state index < -0.39 is 28.0 Å². The Hall–Kier alpha value is -3.11. The van der Waals surface area contributed by atoms with Crippen LogP contribution in [0.2, 0.25) is 0 Å². The van der Waals surface area contributed by atoms with Crippen LogP contribution < -0.4 is 14.8 Å². The standard InChI is InChI=1S/C22H28N2O7S/c1-13-8-9-17(32(27,28)24(4)5)12-18(13)23-21(25)15(3)31-22(26)16-10-19(29-6)14(2)20(11-16)30-7/h8-12,15H,1-7H3,(H,23,25). The minimum atomic E-state index is -3.67. The molecule has 0 fully saturated rings. The van der Waals surface area contributed by atoms with Gasteiger partial charge in [0.15, 0.2) is 6.10 Å². The molecular formula is C22H28N2O7S. The van der Waals surface area contributed by atoms with E-state index >= 15 is 0 Å². The second kappa shape index (κ2) is 10.0. The first-order valence-electron chi connectivity index (χ1n) is 9.70. The number of ether oxygens (including phenoxy) is 3. The lowest BCUT2D eigenvalue weighted by molar-refractivity contribution is -0.123. The number of amides is 1. The normalized spacial score (nSPS) is 12.2. The number of hydrogen-bond donors (Lipinski definition) is 1. The van der Waals surface area contributed by atoms with Crippen molar-refractivity contribution in [1.82, 2.24) is 4.31 Å². The summed E-state index contributed by atoms with van der Waals surface area (Å²) in [6, 6.07) is 7.43. The zero-order chi connectivity index (χ0) is 24.2. The Morgan fingerprint density at radius 2 is 1.56 bits per heavy atom. The smallest absolute Gasteiger partial charge is 0.339 e. The Bertz CT molecular complexity index is 1100. The molecule has 9 nitrogen and oxygen atoms in total. The number of nitrogens with one attached hydrogen (secondary N) is 1. The molecule has 0 aromatic heterocycles. The number of carbonyl (C=O) groups is 2. The summed E-state index contributed by atoms with van der Waals surface area (Å²) in [5, 5.41) is 2.62. The van der Waals surface area contributed by atoms with Crippen molar-refractivity contribution in [2.45, 2.75) is 31.8 Å². The van der Waals surface area contributed by atoms with Crippen molar-refractivity contribution < 1.29 is 32.2 Å². The van der Waals surface area contributed by atoms with Crippen molar-refractivity contribution in [2.75, 3.05) is 33.6 Å². The average molecular weight is 465 g/mol. The fourth-order valence-corrected chi connectivity index (χ4v) is 3.76. The van der Waals surface area contributed by atoms with E-state index in [0.717, 1.165) is 9.87 Å². The predicted octanol–water partition coefficient (Wildman–Crippen LogP) is 2.75. The summed E-state index contributed by atoms with van der Waals surface area (Å²) in [5.74, 6) is -0.442. The van der Waals surface area contributed by atoms with Gasteiger partial charge in [-0.2, -0.15) is 0 Å².